The molecule has 1 fully saturated rings. The van der Waals surface area contributed by atoms with Gasteiger partial charge in [0.25, 0.3) is 5.91 Å². The van der Waals surface area contributed by atoms with Crippen LogP contribution in [0.4, 0.5) is 10.1 Å². The SMILES string of the molecule is Cc1ccc(NC(=O)C(C)N2C(=O)/C(=C/c3ccccc3F)SC2=S)cc1. The number of rotatable bonds is 4. The van der Waals surface area contributed by atoms with Crippen molar-refractivity contribution < 1.29 is 14.0 Å². The second-order valence-electron chi connectivity index (χ2n) is 6.10. The summed E-state index contributed by atoms with van der Waals surface area (Å²) in [5, 5.41) is 2.78. The molecule has 2 aromatic carbocycles. The van der Waals surface area contributed by atoms with Gasteiger partial charge in [0.1, 0.15) is 16.2 Å². The molecule has 1 atom stereocenters. The number of thiocarbonyl (C=S) groups is 1. The number of thioether (sulfide) groups is 1. The molecule has 1 aliphatic rings. The number of nitrogens with one attached hydrogen (secondary N) is 1. The van der Waals surface area contributed by atoms with E-state index < -0.39 is 17.8 Å². The summed E-state index contributed by atoms with van der Waals surface area (Å²) < 4.78 is 14.1. The summed E-state index contributed by atoms with van der Waals surface area (Å²) in [7, 11) is 0. The van der Waals surface area contributed by atoms with Crippen LogP contribution in [0.2, 0.25) is 0 Å². The highest BCUT2D eigenvalue weighted by molar-refractivity contribution is 8.26. The highest BCUT2D eigenvalue weighted by Gasteiger charge is 2.38. The number of hydrogen-bond donors (Lipinski definition) is 1. The zero-order valence-corrected chi connectivity index (χ0v) is 16.4. The molecular formula is C20H17FN2O2S2. The fourth-order valence-corrected chi connectivity index (χ4v) is 3.96. The Labute approximate surface area is 166 Å². The van der Waals surface area contributed by atoms with Gasteiger partial charge >= 0.3 is 0 Å². The maximum absolute atomic E-state index is 13.8. The summed E-state index contributed by atoms with van der Waals surface area (Å²) in [6.45, 7) is 3.57. The lowest BCUT2D eigenvalue weighted by molar-refractivity contribution is -0.129. The molecule has 1 heterocycles. The molecule has 27 heavy (non-hydrogen) atoms. The lowest BCUT2D eigenvalue weighted by Gasteiger charge is -2.22. The minimum atomic E-state index is -0.787. The van der Waals surface area contributed by atoms with Crippen molar-refractivity contribution in [1.29, 1.82) is 0 Å². The Hall–Kier alpha value is -2.51. The molecule has 1 aliphatic heterocycles. The minimum Gasteiger partial charge on any atom is -0.324 e. The van der Waals surface area contributed by atoms with E-state index in [4.69, 9.17) is 12.2 Å². The number of amides is 2. The van der Waals surface area contributed by atoms with Gasteiger partial charge in [0.05, 0.1) is 4.91 Å². The Morgan fingerprint density at radius 3 is 2.56 bits per heavy atom. The number of halogens is 1. The first-order valence-electron chi connectivity index (χ1n) is 8.26. The summed E-state index contributed by atoms with van der Waals surface area (Å²) in [5.74, 6) is -1.17. The predicted octanol–water partition coefficient (Wildman–Crippen LogP) is 4.36. The Kier molecular flexibility index (Phi) is 5.72. The number of anilines is 1. The van der Waals surface area contributed by atoms with Crippen LogP contribution in [0.1, 0.15) is 18.1 Å². The summed E-state index contributed by atoms with van der Waals surface area (Å²) in [6.07, 6.45) is 1.46. The van der Waals surface area contributed by atoms with Crippen molar-refractivity contribution >= 4 is 51.9 Å². The molecule has 7 heteroatoms. The van der Waals surface area contributed by atoms with Gasteiger partial charge in [0, 0.05) is 11.3 Å². The van der Waals surface area contributed by atoms with E-state index in [1.165, 1.54) is 17.0 Å². The quantitative estimate of drug-likeness (QED) is 0.612. The molecule has 1 unspecified atom stereocenters. The molecule has 0 bridgehead atoms. The summed E-state index contributed by atoms with van der Waals surface area (Å²) in [6, 6.07) is 12.7. The molecule has 1 saturated heterocycles. The van der Waals surface area contributed by atoms with Crippen LogP contribution in [0, 0.1) is 12.7 Å². The zero-order valence-electron chi connectivity index (χ0n) is 14.7. The monoisotopic (exact) mass is 400 g/mol. The molecule has 1 N–H and O–H groups in total. The van der Waals surface area contributed by atoms with Crippen LogP contribution in [0.15, 0.2) is 53.4 Å². The van der Waals surface area contributed by atoms with Gasteiger partial charge in [-0.3, -0.25) is 14.5 Å². The van der Waals surface area contributed by atoms with E-state index in [2.05, 4.69) is 5.32 Å². The minimum absolute atomic E-state index is 0.272. The van der Waals surface area contributed by atoms with E-state index >= 15 is 0 Å². The van der Waals surface area contributed by atoms with Crippen molar-refractivity contribution in [3.05, 3.63) is 70.4 Å². The van der Waals surface area contributed by atoms with Gasteiger partial charge in [0.2, 0.25) is 5.91 Å². The molecule has 0 spiro atoms. The molecule has 0 aromatic heterocycles. The van der Waals surface area contributed by atoms with E-state index in [-0.39, 0.29) is 10.2 Å². The molecule has 0 radical (unpaired) electrons. The third-order valence-corrected chi connectivity index (χ3v) is 5.43. The average molecular weight is 401 g/mol. The normalized spacial score (nSPS) is 16.7. The summed E-state index contributed by atoms with van der Waals surface area (Å²) in [5.41, 5.74) is 2.02. The van der Waals surface area contributed by atoms with Crippen LogP contribution < -0.4 is 5.32 Å². The predicted molar refractivity (Wildman–Crippen MR) is 111 cm³/mol. The van der Waals surface area contributed by atoms with Crippen molar-refractivity contribution in [3.63, 3.8) is 0 Å². The van der Waals surface area contributed by atoms with Crippen molar-refractivity contribution in [3.8, 4) is 0 Å². The van der Waals surface area contributed by atoms with Gasteiger partial charge < -0.3 is 5.32 Å². The third-order valence-electron chi connectivity index (χ3n) is 4.10. The van der Waals surface area contributed by atoms with E-state index in [0.29, 0.717) is 16.2 Å². The number of carbonyl (C=O) groups excluding carboxylic acids is 2. The van der Waals surface area contributed by atoms with E-state index in [9.17, 15) is 14.0 Å². The van der Waals surface area contributed by atoms with Crippen molar-refractivity contribution in [2.75, 3.05) is 5.32 Å². The van der Waals surface area contributed by atoms with Crippen LogP contribution in [0.25, 0.3) is 6.08 Å². The molecule has 0 aliphatic carbocycles. The molecule has 138 valence electrons. The zero-order chi connectivity index (χ0) is 19.6. The highest BCUT2D eigenvalue weighted by Crippen LogP contribution is 2.34. The number of carbonyl (C=O) groups is 2. The molecule has 2 amide bonds. The van der Waals surface area contributed by atoms with Crippen LogP contribution in [0.3, 0.4) is 0 Å². The van der Waals surface area contributed by atoms with Gasteiger partial charge in [-0.1, -0.05) is 59.9 Å². The fourth-order valence-electron chi connectivity index (χ4n) is 2.55. The van der Waals surface area contributed by atoms with E-state index in [0.717, 1.165) is 17.3 Å². The molecule has 3 rings (SSSR count). The second-order valence-corrected chi connectivity index (χ2v) is 7.78. The van der Waals surface area contributed by atoms with Gasteiger partial charge in [-0.2, -0.15) is 0 Å². The van der Waals surface area contributed by atoms with Gasteiger partial charge in [-0.25, -0.2) is 4.39 Å². The lowest BCUT2D eigenvalue weighted by Crippen LogP contribution is -2.44. The van der Waals surface area contributed by atoms with Crippen LogP contribution >= 0.6 is 24.0 Å². The summed E-state index contributed by atoms with van der Waals surface area (Å²) in [4.78, 5) is 26.8. The lowest BCUT2D eigenvalue weighted by atomic mass is 10.2. The highest BCUT2D eigenvalue weighted by atomic mass is 32.2. The van der Waals surface area contributed by atoms with Crippen molar-refractivity contribution in [1.82, 2.24) is 4.90 Å². The molecular weight excluding hydrogens is 383 g/mol. The third kappa shape index (κ3) is 4.26. The van der Waals surface area contributed by atoms with Gasteiger partial charge in [0.15, 0.2) is 0 Å². The Balaban J connectivity index is 1.77. The number of hydrogen-bond acceptors (Lipinski definition) is 4. The number of aryl methyl sites for hydroxylation is 1. The Morgan fingerprint density at radius 2 is 1.89 bits per heavy atom. The first kappa shape index (κ1) is 19.3. The second kappa shape index (κ2) is 8.02. The Bertz CT molecular complexity index is 941. The number of nitrogens with zero attached hydrogens (tertiary/aromatic N) is 1. The van der Waals surface area contributed by atoms with Crippen LogP contribution in [-0.4, -0.2) is 27.1 Å². The fraction of sp³-hybridized carbons (Fsp3) is 0.150. The Morgan fingerprint density at radius 1 is 1.22 bits per heavy atom. The largest absolute Gasteiger partial charge is 0.324 e. The van der Waals surface area contributed by atoms with Crippen molar-refractivity contribution in [2.24, 2.45) is 0 Å². The van der Waals surface area contributed by atoms with Crippen LogP contribution in [-0.2, 0) is 9.59 Å². The van der Waals surface area contributed by atoms with Gasteiger partial charge in [-0.15, -0.1) is 0 Å². The molecule has 0 saturated carbocycles. The number of benzene rings is 2. The van der Waals surface area contributed by atoms with E-state index in [1.807, 2.05) is 19.1 Å². The summed E-state index contributed by atoms with van der Waals surface area (Å²) >= 11 is 6.34. The van der Waals surface area contributed by atoms with E-state index in [1.54, 1.807) is 37.3 Å². The standard InChI is InChI=1S/C20H17FN2O2S2/c1-12-7-9-15(10-8-12)22-18(24)13(2)23-19(25)17(27-20(23)26)11-14-5-3-4-6-16(14)21/h3-11,13H,1-2H3,(H,22,24)/b17-11-. The first-order valence-corrected chi connectivity index (χ1v) is 9.48. The maximum Gasteiger partial charge on any atom is 0.266 e. The first-order chi connectivity index (χ1) is 12.9. The topological polar surface area (TPSA) is 49.4 Å². The van der Waals surface area contributed by atoms with Gasteiger partial charge in [-0.05, 0) is 38.1 Å². The van der Waals surface area contributed by atoms with Crippen LogP contribution in [0.5, 0.6) is 0 Å². The molecule has 2 aromatic rings. The smallest absolute Gasteiger partial charge is 0.266 e. The molecule has 4 nitrogen and oxygen atoms in total. The maximum atomic E-state index is 13.8. The average Bonchev–Trinajstić information content (AvgIpc) is 2.92. The van der Waals surface area contributed by atoms with Crippen molar-refractivity contribution in [2.45, 2.75) is 19.9 Å².